The SMILES string of the molecule is Fc1c(Cl)ccc(C(F)(F)F)c1CNNc1ccccc1. The lowest BCUT2D eigenvalue weighted by molar-refractivity contribution is -0.138. The Kier molecular flexibility index (Phi) is 4.69. The van der Waals surface area contributed by atoms with E-state index < -0.39 is 23.1 Å². The van der Waals surface area contributed by atoms with Crippen LogP contribution in [0.4, 0.5) is 23.2 Å². The second-order valence-electron chi connectivity index (χ2n) is 4.23. The Morgan fingerprint density at radius 1 is 1.00 bits per heavy atom. The molecular formula is C14H11ClF4N2. The Balaban J connectivity index is 2.17. The first-order chi connectivity index (χ1) is 9.89. The summed E-state index contributed by atoms with van der Waals surface area (Å²) in [5.41, 5.74) is 4.31. The Bertz CT molecular complexity index is 614. The van der Waals surface area contributed by atoms with Crippen molar-refractivity contribution >= 4 is 17.3 Å². The minimum Gasteiger partial charge on any atom is -0.321 e. The number of alkyl halides is 3. The largest absolute Gasteiger partial charge is 0.416 e. The average Bonchev–Trinajstić information content (AvgIpc) is 2.43. The van der Waals surface area contributed by atoms with Gasteiger partial charge in [-0.1, -0.05) is 29.8 Å². The van der Waals surface area contributed by atoms with Crippen LogP contribution in [0.1, 0.15) is 11.1 Å². The van der Waals surface area contributed by atoms with E-state index in [1.165, 1.54) is 0 Å². The van der Waals surface area contributed by atoms with Crippen LogP contribution in [0.2, 0.25) is 5.02 Å². The smallest absolute Gasteiger partial charge is 0.321 e. The van der Waals surface area contributed by atoms with Crippen molar-refractivity contribution in [1.29, 1.82) is 0 Å². The molecule has 2 N–H and O–H groups in total. The number of hydrogen-bond acceptors (Lipinski definition) is 2. The second kappa shape index (κ2) is 6.32. The maximum absolute atomic E-state index is 13.8. The predicted octanol–water partition coefficient (Wildman–Crippen LogP) is 4.61. The van der Waals surface area contributed by atoms with E-state index in [4.69, 9.17) is 11.6 Å². The van der Waals surface area contributed by atoms with E-state index in [-0.39, 0.29) is 11.6 Å². The highest BCUT2D eigenvalue weighted by molar-refractivity contribution is 6.30. The molecule has 0 aliphatic heterocycles. The molecule has 0 unspecified atom stereocenters. The monoisotopic (exact) mass is 318 g/mol. The molecule has 0 fully saturated rings. The van der Waals surface area contributed by atoms with Crippen LogP contribution in [0, 0.1) is 5.82 Å². The van der Waals surface area contributed by atoms with Crippen LogP contribution in [0.5, 0.6) is 0 Å². The van der Waals surface area contributed by atoms with Gasteiger partial charge >= 0.3 is 6.18 Å². The van der Waals surface area contributed by atoms with Gasteiger partial charge in [-0.3, -0.25) is 0 Å². The molecule has 21 heavy (non-hydrogen) atoms. The van der Waals surface area contributed by atoms with E-state index in [1.54, 1.807) is 30.3 Å². The number of hydrazine groups is 1. The predicted molar refractivity (Wildman–Crippen MR) is 73.3 cm³/mol. The summed E-state index contributed by atoms with van der Waals surface area (Å²) in [6, 6.07) is 10.4. The van der Waals surface area contributed by atoms with Crippen LogP contribution in [0.25, 0.3) is 0 Å². The maximum Gasteiger partial charge on any atom is 0.416 e. The molecule has 112 valence electrons. The van der Waals surface area contributed by atoms with Gasteiger partial charge in [0.1, 0.15) is 5.82 Å². The number of hydrogen-bond donors (Lipinski definition) is 2. The number of para-hydroxylation sites is 1. The standard InChI is InChI=1S/C14H11ClF4N2/c15-12-7-6-11(14(17,18)19)10(13(12)16)8-20-21-9-4-2-1-3-5-9/h1-7,20-21H,8H2. The van der Waals surface area contributed by atoms with Gasteiger partial charge in [-0.2, -0.15) is 13.2 Å². The van der Waals surface area contributed by atoms with E-state index in [9.17, 15) is 17.6 Å². The lowest BCUT2D eigenvalue weighted by Gasteiger charge is -2.15. The van der Waals surface area contributed by atoms with Crippen molar-refractivity contribution < 1.29 is 17.6 Å². The fourth-order valence-electron chi connectivity index (χ4n) is 1.79. The Morgan fingerprint density at radius 2 is 1.67 bits per heavy atom. The quantitative estimate of drug-likeness (QED) is 0.635. The molecule has 0 aliphatic carbocycles. The Labute approximate surface area is 123 Å². The topological polar surface area (TPSA) is 24.1 Å². The van der Waals surface area contributed by atoms with E-state index in [2.05, 4.69) is 10.9 Å². The van der Waals surface area contributed by atoms with Crippen molar-refractivity contribution in [3.05, 3.63) is 64.4 Å². The van der Waals surface area contributed by atoms with Crippen LogP contribution >= 0.6 is 11.6 Å². The zero-order valence-corrected chi connectivity index (χ0v) is 11.4. The number of halogens is 5. The van der Waals surface area contributed by atoms with Gasteiger partial charge in [-0.15, -0.1) is 0 Å². The molecule has 7 heteroatoms. The summed E-state index contributed by atoms with van der Waals surface area (Å²) in [4.78, 5) is 0. The van der Waals surface area contributed by atoms with E-state index in [0.29, 0.717) is 5.69 Å². The molecule has 0 aromatic heterocycles. The fourth-order valence-corrected chi connectivity index (χ4v) is 1.96. The minimum absolute atomic E-state index is 0.348. The third kappa shape index (κ3) is 3.86. The Morgan fingerprint density at radius 3 is 2.29 bits per heavy atom. The summed E-state index contributed by atoms with van der Waals surface area (Å²) in [5, 5.41) is -0.348. The van der Waals surface area contributed by atoms with Crippen LogP contribution in [-0.4, -0.2) is 0 Å². The first kappa shape index (κ1) is 15.6. The molecule has 0 atom stereocenters. The number of benzene rings is 2. The molecule has 2 rings (SSSR count). The van der Waals surface area contributed by atoms with Gasteiger partial charge in [0.15, 0.2) is 0 Å². The molecule has 0 bridgehead atoms. The third-order valence-electron chi connectivity index (χ3n) is 2.77. The first-order valence-electron chi connectivity index (χ1n) is 5.97. The molecular weight excluding hydrogens is 308 g/mol. The normalized spacial score (nSPS) is 11.5. The van der Waals surface area contributed by atoms with Crippen molar-refractivity contribution in [2.45, 2.75) is 12.7 Å². The molecule has 0 heterocycles. The van der Waals surface area contributed by atoms with Crippen LogP contribution in [-0.2, 0) is 12.7 Å². The van der Waals surface area contributed by atoms with E-state index in [0.717, 1.165) is 12.1 Å². The third-order valence-corrected chi connectivity index (χ3v) is 3.07. The first-order valence-corrected chi connectivity index (χ1v) is 6.35. The van der Waals surface area contributed by atoms with E-state index in [1.807, 2.05) is 0 Å². The van der Waals surface area contributed by atoms with Gasteiger partial charge in [-0.05, 0) is 24.3 Å². The van der Waals surface area contributed by atoms with Crippen LogP contribution < -0.4 is 10.9 Å². The molecule has 2 aromatic carbocycles. The molecule has 0 saturated heterocycles. The molecule has 2 aromatic rings. The lowest BCUT2D eigenvalue weighted by atomic mass is 10.1. The summed E-state index contributed by atoms with van der Waals surface area (Å²) < 4.78 is 52.4. The number of nitrogens with one attached hydrogen (secondary N) is 2. The molecule has 0 radical (unpaired) electrons. The zero-order valence-electron chi connectivity index (χ0n) is 10.6. The molecule has 0 spiro atoms. The fraction of sp³-hybridized carbons (Fsp3) is 0.143. The van der Waals surface area contributed by atoms with Crippen LogP contribution in [0.3, 0.4) is 0 Å². The summed E-state index contributed by atoms with van der Waals surface area (Å²) in [5.74, 6) is -1.08. The van der Waals surface area contributed by atoms with Crippen molar-refractivity contribution in [3.63, 3.8) is 0 Å². The molecule has 0 aliphatic rings. The van der Waals surface area contributed by atoms with Crippen molar-refractivity contribution in [3.8, 4) is 0 Å². The number of anilines is 1. The Hall–Kier alpha value is -1.79. The molecule has 0 saturated carbocycles. The molecule has 0 amide bonds. The van der Waals surface area contributed by atoms with E-state index >= 15 is 0 Å². The average molecular weight is 319 g/mol. The van der Waals surface area contributed by atoms with Gasteiger partial charge in [-0.25, -0.2) is 9.82 Å². The van der Waals surface area contributed by atoms with Crippen molar-refractivity contribution in [1.82, 2.24) is 5.43 Å². The van der Waals surface area contributed by atoms with Crippen molar-refractivity contribution in [2.75, 3.05) is 5.43 Å². The zero-order chi connectivity index (χ0) is 15.5. The van der Waals surface area contributed by atoms with Gasteiger partial charge in [0, 0.05) is 17.8 Å². The van der Waals surface area contributed by atoms with Gasteiger partial charge in [0.25, 0.3) is 0 Å². The summed E-state index contributed by atoms with van der Waals surface area (Å²) in [6.07, 6.45) is -4.64. The highest BCUT2D eigenvalue weighted by atomic mass is 35.5. The maximum atomic E-state index is 13.8. The second-order valence-corrected chi connectivity index (χ2v) is 4.64. The lowest BCUT2D eigenvalue weighted by Crippen LogP contribution is -2.24. The summed E-state index contributed by atoms with van der Waals surface area (Å²) >= 11 is 5.54. The molecule has 2 nitrogen and oxygen atoms in total. The van der Waals surface area contributed by atoms with Gasteiger partial charge < -0.3 is 5.43 Å². The van der Waals surface area contributed by atoms with Gasteiger partial charge in [0.2, 0.25) is 0 Å². The van der Waals surface area contributed by atoms with Gasteiger partial charge in [0.05, 0.1) is 10.6 Å². The minimum atomic E-state index is -4.64. The van der Waals surface area contributed by atoms with Crippen molar-refractivity contribution in [2.24, 2.45) is 0 Å². The highest BCUT2D eigenvalue weighted by Crippen LogP contribution is 2.35. The number of rotatable bonds is 4. The summed E-state index contributed by atoms with van der Waals surface area (Å²) in [6.45, 7) is -0.365. The summed E-state index contributed by atoms with van der Waals surface area (Å²) in [7, 11) is 0. The highest BCUT2D eigenvalue weighted by Gasteiger charge is 2.35. The van der Waals surface area contributed by atoms with Crippen LogP contribution in [0.15, 0.2) is 42.5 Å².